The van der Waals surface area contributed by atoms with Crippen LogP contribution in [0.25, 0.3) is 0 Å². The number of rotatable bonds is 15. The maximum absolute atomic E-state index is 13.0. The average molecular weight is 766 g/mol. The van der Waals surface area contributed by atoms with Gasteiger partial charge in [0.15, 0.2) is 6.61 Å². The van der Waals surface area contributed by atoms with Crippen LogP contribution < -0.4 is 26.0 Å². The predicted octanol–water partition coefficient (Wildman–Crippen LogP) is 7.29. The molecule has 0 bridgehead atoms. The lowest BCUT2D eigenvalue weighted by atomic mass is 9.86. The highest BCUT2D eigenvalue weighted by Gasteiger charge is 2.45. The van der Waals surface area contributed by atoms with Crippen LogP contribution in [0.3, 0.4) is 0 Å². The fourth-order valence-corrected chi connectivity index (χ4v) is 5.52. The Bertz CT molecular complexity index is 1960. The van der Waals surface area contributed by atoms with E-state index < -0.39 is 41.4 Å². The minimum absolute atomic E-state index is 0.0123. The number of hydrogen-bond acceptors (Lipinski definition) is 9. The third kappa shape index (κ3) is 11.4. The first kappa shape index (κ1) is 40.0. The summed E-state index contributed by atoms with van der Waals surface area (Å²) < 4.78 is 43.7. The molecule has 0 spiro atoms. The standard InChI is InChI=1S/C39H43ClF3N7O4/c1-36(2,3)26-10-6-24(7-11-26)20-30(51)32(53)45-22-37(4,5)21-44-31(52)25-8-16-29(17-9-25)46-33-47-34(49-35(48-33)54-23-39(41,42)43)50-38(18-19-38)27-12-14-28(40)15-13-27/h6-17H,18-23H2,1-5H3,(H,44,52)(H,45,53)(H2,46,47,48,49,50). The molecule has 0 unspecified atom stereocenters. The number of ketones is 1. The highest BCUT2D eigenvalue weighted by atomic mass is 35.5. The van der Waals surface area contributed by atoms with E-state index in [0.717, 1.165) is 29.5 Å². The molecule has 4 N–H and O–H groups in total. The van der Waals surface area contributed by atoms with Crippen LogP contribution in [0.15, 0.2) is 72.8 Å². The van der Waals surface area contributed by atoms with E-state index in [1.807, 2.05) is 50.2 Å². The second kappa shape index (κ2) is 16.0. The fourth-order valence-electron chi connectivity index (χ4n) is 5.40. The number of alkyl halides is 3. The molecule has 3 aromatic carbocycles. The number of amides is 2. The van der Waals surface area contributed by atoms with Gasteiger partial charge in [-0.1, -0.05) is 82.6 Å². The molecule has 1 aromatic heterocycles. The van der Waals surface area contributed by atoms with Gasteiger partial charge >= 0.3 is 12.2 Å². The molecule has 54 heavy (non-hydrogen) atoms. The lowest BCUT2D eigenvalue weighted by molar-refractivity contribution is -0.154. The third-order valence-electron chi connectivity index (χ3n) is 8.77. The van der Waals surface area contributed by atoms with E-state index in [9.17, 15) is 27.6 Å². The van der Waals surface area contributed by atoms with Gasteiger partial charge in [0.25, 0.3) is 11.8 Å². The Morgan fingerprint density at radius 2 is 1.41 bits per heavy atom. The van der Waals surface area contributed by atoms with Gasteiger partial charge < -0.3 is 26.0 Å². The van der Waals surface area contributed by atoms with Crippen LogP contribution in [0.1, 0.15) is 74.5 Å². The van der Waals surface area contributed by atoms with Crippen molar-refractivity contribution in [1.82, 2.24) is 25.6 Å². The highest BCUT2D eigenvalue weighted by molar-refractivity contribution is 6.36. The molecule has 5 rings (SSSR count). The highest BCUT2D eigenvalue weighted by Crippen LogP contribution is 2.48. The SMILES string of the molecule is CC(C)(CNC(=O)C(=O)Cc1ccc(C(C)(C)C)cc1)CNC(=O)c1ccc(Nc2nc(NC3(c4ccc(Cl)cc4)CC3)nc(OCC(F)(F)F)n2)cc1. The van der Waals surface area contributed by atoms with E-state index in [4.69, 9.17) is 16.3 Å². The normalized spacial score (nSPS) is 13.8. The van der Waals surface area contributed by atoms with Gasteiger partial charge in [0.05, 0.1) is 5.54 Å². The third-order valence-corrected chi connectivity index (χ3v) is 9.03. The largest absolute Gasteiger partial charge is 0.454 e. The molecular weight excluding hydrogens is 723 g/mol. The summed E-state index contributed by atoms with van der Waals surface area (Å²) in [6, 6.07) is 20.6. The Hall–Kier alpha value is -5.24. The van der Waals surface area contributed by atoms with Gasteiger partial charge in [-0.05, 0) is 76.8 Å². The average Bonchev–Trinajstić information content (AvgIpc) is 3.89. The van der Waals surface area contributed by atoms with Gasteiger partial charge in [-0.3, -0.25) is 14.4 Å². The van der Waals surface area contributed by atoms with Crippen LogP contribution in [0.2, 0.25) is 5.02 Å². The molecule has 4 aromatic rings. The molecule has 1 fully saturated rings. The zero-order chi connectivity index (χ0) is 39.3. The van der Waals surface area contributed by atoms with Crippen molar-refractivity contribution in [3.63, 3.8) is 0 Å². The lowest BCUT2D eigenvalue weighted by Crippen LogP contribution is -2.44. The summed E-state index contributed by atoms with van der Waals surface area (Å²) in [4.78, 5) is 50.6. The molecule has 0 saturated heterocycles. The monoisotopic (exact) mass is 765 g/mol. The minimum Gasteiger partial charge on any atom is -0.454 e. The number of nitrogens with zero attached hydrogens (tertiary/aromatic N) is 3. The molecule has 1 heterocycles. The Kier molecular flexibility index (Phi) is 11.8. The predicted molar refractivity (Wildman–Crippen MR) is 200 cm³/mol. The fraction of sp³-hybridized carbons (Fsp3) is 0.385. The number of Topliss-reactive ketones (excluding diaryl/α,β-unsaturated/α-hetero) is 1. The first-order chi connectivity index (χ1) is 25.3. The molecule has 2 amide bonds. The zero-order valence-electron chi connectivity index (χ0n) is 30.7. The van der Waals surface area contributed by atoms with Crippen LogP contribution in [-0.4, -0.2) is 58.4 Å². The van der Waals surface area contributed by atoms with Gasteiger partial charge in [0, 0.05) is 35.8 Å². The van der Waals surface area contributed by atoms with Crippen molar-refractivity contribution in [2.45, 2.75) is 71.0 Å². The maximum Gasteiger partial charge on any atom is 0.422 e. The molecule has 11 nitrogen and oxygen atoms in total. The number of nitrogens with one attached hydrogen (secondary N) is 4. The Labute approximate surface area is 316 Å². The number of hydrogen-bond donors (Lipinski definition) is 4. The smallest absolute Gasteiger partial charge is 0.422 e. The minimum atomic E-state index is -4.60. The summed E-state index contributed by atoms with van der Waals surface area (Å²) in [5, 5.41) is 12.3. The second-order valence-corrected chi connectivity index (χ2v) is 15.6. The molecule has 0 atom stereocenters. The van der Waals surface area contributed by atoms with Crippen molar-refractivity contribution < 1.29 is 32.3 Å². The van der Waals surface area contributed by atoms with Gasteiger partial charge in [0.2, 0.25) is 17.7 Å². The van der Waals surface area contributed by atoms with Gasteiger partial charge in [-0.25, -0.2) is 0 Å². The molecule has 286 valence electrons. The Morgan fingerprint density at radius 3 is 2.00 bits per heavy atom. The van der Waals surface area contributed by atoms with E-state index in [2.05, 4.69) is 57.0 Å². The lowest BCUT2D eigenvalue weighted by Gasteiger charge is -2.25. The van der Waals surface area contributed by atoms with E-state index in [1.165, 1.54) is 0 Å². The first-order valence-electron chi connectivity index (χ1n) is 17.3. The molecule has 0 aliphatic heterocycles. The summed E-state index contributed by atoms with van der Waals surface area (Å²) >= 11 is 6.04. The van der Waals surface area contributed by atoms with E-state index >= 15 is 0 Å². The van der Waals surface area contributed by atoms with Crippen molar-refractivity contribution in [3.05, 3.63) is 100 Å². The van der Waals surface area contributed by atoms with Gasteiger partial charge in [0.1, 0.15) is 0 Å². The van der Waals surface area contributed by atoms with Crippen LogP contribution >= 0.6 is 11.6 Å². The number of benzene rings is 3. The van der Waals surface area contributed by atoms with Crippen LogP contribution in [0, 0.1) is 5.41 Å². The Balaban J connectivity index is 1.15. The summed E-state index contributed by atoms with van der Waals surface area (Å²) in [5.74, 6) is -1.67. The molecular formula is C39H43ClF3N7O4. The van der Waals surface area contributed by atoms with E-state index in [-0.39, 0.29) is 42.7 Å². The number of ether oxygens (including phenoxy) is 1. The summed E-state index contributed by atoms with van der Waals surface area (Å²) in [6.07, 6.45) is -3.14. The quantitative estimate of drug-likeness (QED) is 0.0917. The number of halogens is 4. The second-order valence-electron chi connectivity index (χ2n) is 15.2. The van der Waals surface area contributed by atoms with Crippen molar-refractivity contribution in [1.29, 1.82) is 0 Å². The van der Waals surface area contributed by atoms with Crippen LogP contribution in [0.5, 0.6) is 6.01 Å². The van der Waals surface area contributed by atoms with Gasteiger partial charge in [-0.2, -0.15) is 28.1 Å². The summed E-state index contributed by atoms with van der Waals surface area (Å²) in [5.41, 5.74) is 2.47. The van der Waals surface area contributed by atoms with E-state index in [1.54, 1.807) is 36.4 Å². The number of carbonyl (C=O) groups excluding carboxylic acids is 3. The summed E-state index contributed by atoms with van der Waals surface area (Å²) in [7, 11) is 0. The van der Waals surface area contributed by atoms with Crippen molar-refractivity contribution in [3.8, 4) is 6.01 Å². The maximum atomic E-state index is 13.0. The van der Waals surface area contributed by atoms with E-state index in [0.29, 0.717) is 16.3 Å². The van der Waals surface area contributed by atoms with Crippen LogP contribution in [-0.2, 0) is 27.0 Å². The number of anilines is 3. The van der Waals surface area contributed by atoms with Crippen LogP contribution in [0.4, 0.5) is 30.8 Å². The number of aromatic nitrogens is 3. The van der Waals surface area contributed by atoms with Crippen molar-refractivity contribution in [2.24, 2.45) is 5.41 Å². The molecule has 0 radical (unpaired) electrons. The molecule has 1 aliphatic rings. The first-order valence-corrected chi connectivity index (χ1v) is 17.7. The Morgan fingerprint density at radius 1 is 0.796 bits per heavy atom. The molecule has 1 aliphatic carbocycles. The summed E-state index contributed by atoms with van der Waals surface area (Å²) in [6.45, 7) is 8.77. The molecule has 15 heteroatoms. The van der Waals surface area contributed by atoms with Crippen molar-refractivity contribution in [2.75, 3.05) is 30.3 Å². The van der Waals surface area contributed by atoms with Crippen molar-refractivity contribution >= 4 is 46.8 Å². The topological polar surface area (TPSA) is 147 Å². The zero-order valence-corrected chi connectivity index (χ0v) is 31.4. The number of carbonyl (C=O) groups is 3. The molecule has 1 saturated carbocycles. The van der Waals surface area contributed by atoms with Gasteiger partial charge in [-0.15, -0.1) is 0 Å².